The van der Waals surface area contributed by atoms with Gasteiger partial charge in [0.05, 0.1) is 31.3 Å². The van der Waals surface area contributed by atoms with Crippen LogP contribution in [0, 0.1) is 0 Å². The highest BCUT2D eigenvalue weighted by atomic mass is 31.2. The molecule has 1 aliphatic rings. The third kappa shape index (κ3) is 30.6. The normalized spacial score (nSPS) is 23.0. The summed E-state index contributed by atoms with van der Waals surface area (Å²) in [5, 5.41) is 74.6. The van der Waals surface area contributed by atoms with Crippen LogP contribution in [0.1, 0.15) is 219 Å². The molecule has 1 aliphatic carbocycles. The number of hydrogen-bond acceptors (Lipinski definition) is 11. The summed E-state index contributed by atoms with van der Waals surface area (Å²) < 4.78 is 22.9. The van der Waals surface area contributed by atoms with E-state index in [-0.39, 0.29) is 6.42 Å². The van der Waals surface area contributed by atoms with Crippen LogP contribution < -0.4 is 5.32 Å². The molecule has 8 unspecified atom stereocenters. The standard InChI is InChI=1S/C49H94NO12P/c1-3-5-7-9-11-13-15-17-18-19-20-21-22-23-25-27-29-31-33-35-37-42(52)41(39-61-63(59,60)62-49-47(57)45(55)44(54)46(56)48(49)58)50-43(53)38-40(51)36-34-32-30-28-26-24-16-14-12-10-8-6-4-2/h27,29,35,37,40-42,44-49,51-52,54-58H,3-26,28,30-34,36,38-39H2,1-2H3,(H,50,53)(H,59,60)/b29-27+,37-35+. The van der Waals surface area contributed by atoms with E-state index in [1.807, 2.05) is 0 Å². The number of amides is 1. The number of rotatable bonds is 42. The van der Waals surface area contributed by atoms with E-state index in [0.717, 1.165) is 44.9 Å². The van der Waals surface area contributed by atoms with E-state index >= 15 is 0 Å². The lowest BCUT2D eigenvalue weighted by atomic mass is 9.85. The van der Waals surface area contributed by atoms with Crippen molar-refractivity contribution in [3.63, 3.8) is 0 Å². The topological polar surface area (TPSA) is 226 Å². The Morgan fingerprint density at radius 1 is 0.556 bits per heavy atom. The molecule has 14 heteroatoms. The van der Waals surface area contributed by atoms with Crippen LogP contribution in [-0.2, 0) is 18.4 Å². The van der Waals surface area contributed by atoms with Gasteiger partial charge in [0, 0.05) is 0 Å². The van der Waals surface area contributed by atoms with Gasteiger partial charge in [0.15, 0.2) is 0 Å². The van der Waals surface area contributed by atoms with Crippen LogP contribution in [0.2, 0.25) is 0 Å². The lowest BCUT2D eigenvalue weighted by molar-refractivity contribution is -0.220. The minimum atomic E-state index is -5.15. The number of nitrogens with one attached hydrogen (secondary N) is 1. The summed E-state index contributed by atoms with van der Waals surface area (Å²) in [7, 11) is -5.15. The fourth-order valence-corrected chi connectivity index (χ4v) is 9.11. The van der Waals surface area contributed by atoms with Gasteiger partial charge in [0.2, 0.25) is 5.91 Å². The van der Waals surface area contributed by atoms with Crippen molar-refractivity contribution in [3.8, 4) is 0 Å². The lowest BCUT2D eigenvalue weighted by Gasteiger charge is -2.41. The number of unbranched alkanes of at least 4 members (excludes halogenated alkanes) is 27. The Kier molecular flexibility index (Phi) is 36.9. The first kappa shape index (κ1) is 59.8. The minimum absolute atomic E-state index is 0.249. The molecule has 1 saturated carbocycles. The molecule has 0 saturated heterocycles. The van der Waals surface area contributed by atoms with Crippen LogP contribution in [0.25, 0.3) is 0 Å². The Morgan fingerprint density at radius 3 is 1.40 bits per heavy atom. The number of carbonyl (C=O) groups is 1. The van der Waals surface area contributed by atoms with Crippen LogP contribution in [0.3, 0.4) is 0 Å². The van der Waals surface area contributed by atoms with Crippen molar-refractivity contribution in [3.05, 3.63) is 24.3 Å². The molecule has 63 heavy (non-hydrogen) atoms. The smallest absolute Gasteiger partial charge is 0.393 e. The molecule has 0 aliphatic heterocycles. The lowest BCUT2D eigenvalue weighted by Crippen LogP contribution is -2.64. The van der Waals surface area contributed by atoms with Crippen molar-refractivity contribution in [2.45, 2.75) is 274 Å². The average molecular weight is 920 g/mol. The Labute approximate surface area is 382 Å². The van der Waals surface area contributed by atoms with E-state index in [1.165, 1.54) is 147 Å². The number of aliphatic hydroxyl groups excluding tert-OH is 7. The van der Waals surface area contributed by atoms with E-state index in [9.17, 15) is 50.0 Å². The predicted molar refractivity (Wildman–Crippen MR) is 252 cm³/mol. The molecule has 0 aromatic carbocycles. The number of allylic oxidation sites excluding steroid dienone is 3. The zero-order valence-corrected chi connectivity index (χ0v) is 40.4. The van der Waals surface area contributed by atoms with Gasteiger partial charge in [0.25, 0.3) is 0 Å². The summed E-state index contributed by atoms with van der Waals surface area (Å²) in [6, 6.07) is -1.25. The van der Waals surface area contributed by atoms with Crippen LogP contribution in [-0.4, -0.2) is 108 Å². The van der Waals surface area contributed by atoms with Gasteiger partial charge in [-0.2, -0.15) is 0 Å². The zero-order valence-electron chi connectivity index (χ0n) is 39.5. The molecule has 0 spiro atoms. The van der Waals surface area contributed by atoms with Crippen LogP contribution in [0.5, 0.6) is 0 Å². The third-order valence-corrected chi connectivity index (χ3v) is 13.3. The van der Waals surface area contributed by atoms with Crippen molar-refractivity contribution in [2.24, 2.45) is 0 Å². The molecular formula is C49H94NO12P. The Balaban J connectivity index is 2.52. The highest BCUT2D eigenvalue weighted by Gasteiger charge is 2.51. The molecule has 1 amide bonds. The van der Waals surface area contributed by atoms with Gasteiger partial charge in [0.1, 0.15) is 36.6 Å². The van der Waals surface area contributed by atoms with Gasteiger partial charge in [-0.05, 0) is 32.1 Å². The number of aliphatic hydroxyl groups is 7. The first-order chi connectivity index (χ1) is 30.3. The fraction of sp³-hybridized carbons (Fsp3) is 0.898. The van der Waals surface area contributed by atoms with Crippen molar-refractivity contribution in [2.75, 3.05) is 6.61 Å². The summed E-state index contributed by atoms with van der Waals surface area (Å²) in [6.07, 6.45) is 29.8. The maximum atomic E-state index is 13.0. The second-order valence-corrected chi connectivity index (χ2v) is 19.6. The van der Waals surface area contributed by atoms with Crippen molar-refractivity contribution < 1.29 is 59.0 Å². The predicted octanol–water partition coefficient (Wildman–Crippen LogP) is 9.15. The average Bonchev–Trinajstić information content (AvgIpc) is 3.26. The molecule has 0 bridgehead atoms. The SMILES string of the molecule is CCCCCCCCCCCCCCCC/C=C/CC/C=C/C(O)C(COP(=O)(O)OC1C(O)C(O)C(O)C(O)C1O)NC(=O)CC(O)CCCCCCCCCCCCCCC. The maximum absolute atomic E-state index is 13.0. The molecule has 1 rings (SSSR count). The van der Waals surface area contributed by atoms with Gasteiger partial charge in [-0.3, -0.25) is 13.8 Å². The highest BCUT2D eigenvalue weighted by Crippen LogP contribution is 2.47. The maximum Gasteiger partial charge on any atom is 0.472 e. The molecule has 13 nitrogen and oxygen atoms in total. The first-order valence-electron chi connectivity index (χ1n) is 25.4. The Morgan fingerprint density at radius 2 is 0.937 bits per heavy atom. The monoisotopic (exact) mass is 920 g/mol. The quantitative estimate of drug-likeness (QED) is 0.0159. The molecule has 8 atom stereocenters. The minimum Gasteiger partial charge on any atom is -0.393 e. The van der Waals surface area contributed by atoms with Crippen LogP contribution >= 0.6 is 7.82 Å². The number of carbonyl (C=O) groups excluding carboxylic acids is 1. The second-order valence-electron chi connectivity index (χ2n) is 18.2. The van der Waals surface area contributed by atoms with E-state index < -0.39 is 75.2 Å². The first-order valence-corrected chi connectivity index (χ1v) is 26.9. The number of phosphoric acid groups is 1. The van der Waals surface area contributed by atoms with Gasteiger partial charge >= 0.3 is 7.82 Å². The Hall–Kier alpha value is -1.22. The second kappa shape index (κ2) is 38.8. The summed E-state index contributed by atoms with van der Waals surface area (Å²) >= 11 is 0. The summed E-state index contributed by atoms with van der Waals surface area (Å²) in [4.78, 5) is 23.5. The number of hydrogen-bond donors (Lipinski definition) is 9. The van der Waals surface area contributed by atoms with Crippen LogP contribution in [0.4, 0.5) is 0 Å². The molecule has 1 fully saturated rings. The van der Waals surface area contributed by atoms with Gasteiger partial charge < -0.3 is 46.0 Å². The molecule has 0 aromatic heterocycles. The fourth-order valence-electron chi connectivity index (χ4n) is 8.14. The van der Waals surface area contributed by atoms with E-state index in [2.05, 4.69) is 31.3 Å². The molecule has 0 aromatic rings. The van der Waals surface area contributed by atoms with Gasteiger partial charge in [-0.1, -0.05) is 205 Å². The number of phosphoric ester groups is 1. The molecule has 372 valence electrons. The highest BCUT2D eigenvalue weighted by molar-refractivity contribution is 7.47. The van der Waals surface area contributed by atoms with Crippen molar-refractivity contribution in [1.29, 1.82) is 0 Å². The van der Waals surface area contributed by atoms with E-state index in [1.54, 1.807) is 6.08 Å². The summed E-state index contributed by atoms with van der Waals surface area (Å²) in [5.41, 5.74) is 0. The largest absolute Gasteiger partial charge is 0.472 e. The molecular weight excluding hydrogens is 826 g/mol. The summed E-state index contributed by atoms with van der Waals surface area (Å²) in [5.74, 6) is -0.600. The van der Waals surface area contributed by atoms with Gasteiger partial charge in [-0.15, -0.1) is 0 Å². The Bertz CT molecular complexity index is 1180. The summed E-state index contributed by atoms with van der Waals surface area (Å²) in [6.45, 7) is 3.74. The van der Waals surface area contributed by atoms with Crippen molar-refractivity contribution in [1.82, 2.24) is 5.32 Å². The zero-order chi connectivity index (χ0) is 46.6. The molecule has 9 N–H and O–H groups in total. The van der Waals surface area contributed by atoms with Crippen molar-refractivity contribution >= 4 is 13.7 Å². The van der Waals surface area contributed by atoms with E-state index in [0.29, 0.717) is 12.8 Å². The van der Waals surface area contributed by atoms with E-state index in [4.69, 9.17) is 9.05 Å². The third-order valence-electron chi connectivity index (χ3n) is 12.3. The molecule has 0 radical (unpaired) electrons. The van der Waals surface area contributed by atoms with Crippen LogP contribution in [0.15, 0.2) is 24.3 Å². The van der Waals surface area contributed by atoms with Gasteiger partial charge in [-0.25, -0.2) is 4.57 Å². The molecule has 0 heterocycles.